The average Bonchev–Trinajstić information content (AvgIpc) is 3.14. The predicted octanol–water partition coefficient (Wildman–Crippen LogP) is 5.58. The number of fused-ring (bicyclic) bond motifs is 1. The normalized spacial score (nSPS) is 17.2. The first-order chi connectivity index (χ1) is 16.5. The Labute approximate surface area is 205 Å². The second kappa shape index (κ2) is 10.1. The molecule has 35 heavy (non-hydrogen) atoms. The number of piperazine rings is 1. The maximum Gasteiger partial charge on any atom is 0.419 e. The molecular formula is C25H27F4N3O2S. The maximum absolute atomic E-state index is 14.0. The van der Waals surface area contributed by atoms with Crippen molar-refractivity contribution >= 4 is 32.7 Å². The van der Waals surface area contributed by atoms with Crippen LogP contribution in [-0.2, 0) is 28.7 Å². The molecule has 3 aromatic rings. The molecule has 5 nitrogen and oxygen atoms in total. The number of carbonyl (C=O) groups excluding carboxylic acids is 1. The van der Waals surface area contributed by atoms with Crippen LogP contribution in [0.25, 0.3) is 10.2 Å². The Morgan fingerprint density at radius 3 is 2.60 bits per heavy atom. The van der Waals surface area contributed by atoms with Gasteiger partial charge in [-0.05, 0) is 38.0 Å². The summed E-state index contributed by atoms with van der Waals surface area (Å²) in [6, 6.07) is 7.90. The van der Waals surface area contributed by atoms with E-state index in [0.29, 0.717) is 23.0 Å². The first-order valence-electron chi connectivity index (χ1n) is 11.4. The molecule has 1 atom stereocenters. The van der Waals surface area contributed by atoms with Gasteiger partial charge < -0.3 is 9.64 Å². The molecule has 10 heteroatoms. The van der Waals surface area contributed by atoms with E-state index in [9.17, 15) is 22.4 Å². The van der Waals surface area contributed by atoms with E-state index in [-0.39, 0.29) is 23.9 Å². The Morgan fingerprint density at radius 1 is 1.17 bits per heavy atom. The van der Waals surface area contributed by atoms with Crippen molar-refractivity contribution in [3.8, 4) is 0 Å². The topological polar surface area (TPSA) is 45.7 Å². The number of hydrogen-bond donors (Lipinski definition) is 0. The number of anilines is 1. The molecule has 1 aliphatic rings. The molecule has 0 aliphatic carbocycles. The molecule has 0 N–H and O–H groups in total. The van der Waals surface area contributed by atoms with Gasteiger partial charge in [0.2, 0.25) is 0 Å². The lowest BCUT2D eigenvalue weighted by atomic mass is 10.0. The number of alkyl halides is 3. The summed E-state index contributed by atoms with van der Waals surface area (Å²) in [6.07, 6.45) is -4.51. The van der Waals surface area contributed by atoms with E-state index in [4.69, 9.17) is 4.74 Å². The van der Waals surface area contributed by atoms with Crippen LogP contribution in [0.1, 0.15) is 36.1 Å². The second-order valence-electron chi connectivity index (χ2n) is 8.88. The van der Waals surface area contributed by atoms with Gasteiger partial charge >= 0.3 is 12.1 Å². The fraction of sp³-hybridized carbons (Fsp3) is 0.440. The number of aromatic nitrogens is 1. The van der Waals surface area contributed by atoms with Crippen molar-refractivity contribution in [1.82, 2.24) is 9.88 Å². The summed E-state index contributed by atoms with van der Waals surface area (Å²) >= 11 is 1.15. The van der Waals surface area contributed by atoms with Crippen LogP contribution in [0.2, 0.25) is 0 Å². The lowest BCUT2D eigenvalue weighted by molar-refractivity contribution is -0.142. The molecule has 0 unspecified atom stereocenters. The Morgan fingerprint density at radius 2 is 1.91 bits per heavy atom. The minimum absolute atomic E-state index is 0.0695. The molecular weight excluding hydrogens is 482 g/mol. The van der Waals surface area contributed by atoms with Crippen molar-refractivity contribution in [2.24, 2.45) is 0 Å². The zero-order valence-corrected chi connectivity index (χ0v) is 20.6. The lowest BCUT2D eigenvalue weighted by Gasteiger charge is -2.39. The molecule has 0 radical (unpaired) electrons. The highest BCUT2D eigenvalue weighted by atomic mass is 32.1. The number of carbonyl (C=O) groups is 1. The number of halogens is 4. The number of thiazole rings is 1. The van der Waals surface area contributed by atoms with Crippen molar-refractivity contribution in [3.05, 3.63) is 58.4 Å². The number of benzene rings is 2. The van der Waals surface area contributed by atoms with Crippen molar-refractivity contribution in [1.29, 1.82) is 0 Å². The zero-order chi connectivity index (χ0) is 25.3. The Balaban J connectivity index is 1.45. The van der Waals surface area contributed by atoms with Crippen LogP contribution in [0.3, 0.4) is 0 Å². The molecule has 0 amide bonds. The quantitative estimate of drug-likeness (QED) is 0.321. The minimum atomic E-state index is -4.74. The third kappa shape index (κ3) is 5.92. The van der Waals surface area contributed by atoms with Gasteiger partial charge in [0.15, 0.2) is 5.13 Å². The molecule has 2 heterocycles. The fourth-order valence-corrected chi connectivity index (χ4v) is 5.63. The second-order valence-corrected chi connectivity index (χ2v) is 9.89. The molecule has 1 aromatic heterocycles. The summed E-state index contributed by atoms with van der Waals surface area (Å²) in [7, 11) is 0. The molecule has 188 valence electrons. The first kappa shape index (κ1) is 25.4. The Bertz CT molecular complexity index is 1230. The molecule has 0 spiro atoms. The summed E-state index contributed by atoms with van der Waals surface area (Å²) in [4.78, 5) is 20.7. The highest BCUT2D eigenvalue weighted by Crippen LogP contribution is 2.38. The zero-order valence-electron chi connectivity index (χ0n) is 19.8. The molecule has 1 fully saturated rings. The molecule has 4 rings (SSSR count). The van der Waals surface area contributed by atoms with Gasteiger partial charge in [0.05, 0.1) is 28.8 Å². The molecule has 2 aromatic carbocycles. The number of aryl methyl sites for hydroxylation is 1. The molecule has 0 bridgehead atoms. The number of esters is 1. The van der Waals surface area contributed by atoms with Gasteiger partial charge in [-0.15, -0.1) is 0 Å². The summed E-state index contributed by atoms with van der Waals surface area (Å²) in [5, 5.41) is 0.596. The predicted molar refractivity (Wildman–Crippen MR) is 128 cm³/mol. The van der Waals surface area contributed by atoms with Crippen LogP contribution >= 0.6 is 11.3 Å². The van der Waals surface area contributed by atoms with Gasteiger partial charge in [-0.25, -0.2) is 9.37 Å². The fourth-order valence-electron chi connectivity index (χ4n) is 4.52. The third-order valence-corrected chi connectivity index (χ3v) is 7.04. The van der Waals surface area contributed by atoms with Crippen molar-refractivity contribution in [3.63, 3.8) is 0 Å². The van der Waals surface area contributed by atoms with Crippen LogP contribution in [0.5, 0.6) is 0 Å². The lowest BCUT2D eigenvalue weighted by Crippen LogP contribution is -2.51. The van der Waals surface area contributed by atoms with Gasteiger partial charge in [-0.1, -0.05) is 35.1 Å². The number of ether oxygens (including phenoxy) is 1. The molecule has 0 saturated carbocycles. The Hall–Kier alpha value is -2.72. The molecule has 1 saturated heterocycles. The smallest absolute Gasteiger partial charge is 0.419 e. The summed E-state index contributed by atoms with van der Waals surface area (Å²) in [6.45, 7) is 9.02. The third-order valence-electron chi connectivity index (χ3n) is 5.99. The number of nitrogens with zero attached hydrogens (tertiary/aromatic N) is 3. The minimum Gasteiger partial charge on any atom is -0.466 e. The van der Waals surface area contributed by atoms with E-state index >= 15 is 0 Å². The maximum atomic E-state index is 14.0. The van der Waals surface area contributed by atoms with Crippen molar-refractivity contribution < 1.29 is 27.1 Å². The van der Waals surface area contributed by atoms with Crippen LogP contribution in [-0.4, -0.2) is 48.1 Å². The Kier molecular flexibility index (Phi) is 7.32. The standard InChI is InChI=1S/C25H27F4N3O2S/c1-4-34-23(33)10-17-7-15(2)8-18(9-17)14-31-5-6-32(16(3)13-31)24-30-21-12-20(26)19(25(27,28)29)11-22(21)35-24/h7-9,11-12,16H,4-6,10,13-14H2,1-3H3/t16-/m0/s1. The van der Waals surface area contributed by atoms with Gasteiger partial charge in [-0.2, -0.15) is 13.2 Å². The SMILES string of the molecule is CCOC(=O)Cc1cc(C)cc(CN2CCN(c3nc4cc(F)c(C(F)(F)F)cc4s3)[C@@H](C)C2)c1. The van der Waals surface area contributed by atoms with Crippen LogP contribution in [0, 0.1) is 12.7 Å². The van der Waals surface area contributed by atoms with Crippen LogP contribution < -0.4 is 4.90 Å². The first-order valence-corrected chi connectivity index (χ1v) is 12.3. The summed E-state index contributed by atoms with van der Waals surface area (Å²) in [5.74, 6) is -1.55. The van der Waals surface area contributed by atoms with Gasteiger partial charge in [0, 0.05) is 38.3 Å². The van der Waals surface area contributed by atoms with Crippen molar-refractivity contribution in [2.45, 2.75) is 46.0 Å². The summed E-state index contributed by atoms with van der Waals surface area (Å²) < 4.78 is 58.6. The highest BCUT2D eigenvalue weighted by Gasteiger charge is 2.35. The van der Waals surface area contributed by atoms with Gasteiger partial charge in [-0.3, -0.25) is 9.69 Å². The average molecular weight is 510 g/mol. The van der Waals surface area contributed by atoms with E-state index < -0.39 is 17.6 Å². The van der Waals surface area contributed by atoms with Gasteiger partial charge in [0.25, 0.3) is 0 Å². The van der Waals surface area contributed by atoms with E-state index in [1.54, 1.807) is 6.92 Å². The van der Waals surface area contributed by atoms with E-state index in [1.807, 2.05) is 26.0 Å². The van der Waals surface area contributed by atoms with E-state index in [0.717, 1.165) is 59.8 Å². The highest BCUT2D eigenvalue weighted by molar-refractivity contribution is 7.22. The van der Waals surface area contributed by atoms with Crippen molar-refractivity contribution in [2.75, 3.05) is 31.1 Å². The van der Waals surface area contributed by atoms with Crippen LogP contribution in [0.4, 0.5) is 22.7 Å². The summed E-state index contributed by atoms with van der Waals surface area (Å²) in [5.41, 5.74) is 2.08. The van der Waals surface area contributed by atoms with Crippen LogP contribution in [0.15, 0.2) is 30.3 Å². The number of hydrogen-bond acceptors (Lipinski definition) is 6. The monoisotopic (exact) mass is 509 g/mol. The number of rotatable bonds is 6. The largest absolute Gasteiger partial charge is 0.466 e. The van der Waals surface area contributed by atoms with E-state index in [1.165, 1.54) is 0 Å². The van der Waals surface area contributed by atoms with E-state index in [2.05, 4.69) is 20.9 Å². The molecule has 1 aliphatic heterocycles. The van der Waals surface area contributed by atoms with Gasteiger partial charge in [0.1, 0.15) is 5.82 Å².